The Hall–Kier alpha value is -3.06. The van der Waals surface area contributed by atoms with E-state index in [0.717, 1.165) is 31.0 Å². The van der Waals surface area contributed by atoms with Gasteiger partial charge in [-0.2, -0.15) is 0 Å². The topological polar surface area (TPSA) is 75.3 Å². The molecule has 1 aliphatic rings. The van der Waals surface area contributed by atoms with Crippen LogP contribution in [0.15, 0.2) is 65.8 Å². The van der Waals surface area contributed by atoms with E-state index in [1.54, 1.807) is 18.8 Å². The van der Waals surface area contributed by atoms with Gasteiger partial charge in [-0.25, -0.2) is 9.78 Å². The van der Waals surface area contributed by atoms with Gasteiger partial charge in [0.2, 0.25) is 0 Å². The number of aromatic nitrogens is 2. The summed E-state index contributed by atoms with van der Waals surface area (Å²) in [5.41, 5.74) is 2.25. The Morgan fingerprint density at radius 2 is 1.97 bits per heavy atom. The van der Waals surface area contributed by atoms with Crippen LogP contribution in [0.25, 0.3) is 0 Å². The van der Waals surface area contributed by atoms with Crippen LogP contribution in [0, 0.1) is 0 Å². The Morgan fingerprint density at radius 1 is 1.10 bits per heavy atom. The smallest absolute Gasteiger partial charge is 0.315 e. The highest BCUT2D eigenvalue weighted by Crippen LogP contribution is 2.24. The Bertz CT molecular complexity index is 902. The van der Waals surface area contributed by atoms with Crippen LogP contribution >= 0.6 is 0 Å². The number of carbonyl (C=O) groups is 1. The van der Waals surface area contributed by atoms with Crippen molar-refractivity contribution in [3.8, 4) is 0 Å². The maximum atomic E-state index is 12.4. The molecule has 158 valence electrons. The minimum absolute atomic E-state index is 0.0737. The number of nitrogens with one attached hydrogen (secondary N) is 2. The van der Waals surface area contributed by atoms with E-state index in [1.807, 2.05) is 35.0 Å². The quantitative estimate of drug-likeness (QED) is 0.599. The number of nitrogens with zero attached hydrogens (tertiary/aromatic N) is 3. The monoisotopic (exact) mass is 407 g/mol. The predicted molar refractivity (Wildman–Crippen MR) is 115 cm³/mol. The van der Waals surface area contributed by atoms with Gasteiger partial charge in [0.05, 0.1) is 18.6 Å². The van der Waals surface area contributed by atoms with Crippen LogP contribution in [0.4, 0.5) is 4.79 Å². The highest BCUT2D eigenvalue weighted by molar-refractivity contribution is 5.73. The van der Waals surface area contributed by atoms with Crippen molar-refractivity contribution in [3.05, 3.63) is 78.3 Å². The fourth-order valence-electron chi connectivity index (χ4n) is 3.98. The van der Waals surface area contributed by atoms with E-state index in [1.165, 1.54) is 24.8 Å². The summed E-state index contributed by atoms with van der Waals surface area (Å²) in [5, 5.41) is 6.00. The third-order valence-electron chi connectivity index (χ3n) is 5.53. The summed E-state index contributed by atoms with van der Waals surface area (Å²) in [6.45, 7) is 3.86. The normalized spacial score (nSPS) is 15.6. The van der Waals surface area contributed by atoms with Crippen LogP contribution in [0.3, 0.4) is 0 Å². The molecule has 1 atom stereocenters. The number of hydrogen-bond donors (Lipinski definition) is 2. The third-order valence-corrected chi connectivity index (χ3v) is 5.53. The second-order valence-corrected chi connectivity index (χ2v) is 7.75. The summed E-state index contributed by atoms with van der Waals surface area (Å²) >= 11 is 0. The molecule has 4 rings (SSSR count). The van der Waals surface area contributed by atoms with Gasteiger partial charge in [-0.05, 0) is 49.2 Å². The summed E-state index contributed by atoms with van der Waals surface area (Å²) in [6, 6.07) is 12.0. The number of hydrogen-bond acceptors (Lipinski definition) is 4. The summed E-state index contributed by atoms with van der Waals surface area (Å²) in [6.07, 6.45) is 10.9. The number of piperidine rings is 1. The summed E-state index contributed by atoms with van der Waals surface area (Å²) in [5.74, 6) is 0.907. The zero-order valence-corrected chi connectivity index (χ0v) is 17.2. The van der Waals surface area contributed by atoms with Gasteiger partial charge in [0.25, 0.3) is 0 Å². The van der Waals surface area contributed by atoms with Crippen molar-refractivity contribution < 1.29 is 9.21 Å². The van der Waals surface area contributed by atoms with E-state index in [9.17, 15) is 4.79 Å². The number of likely N-dealkylation sites (tertiary alicyclic amines) is 1. The molecule has 7 heteroatoms. The van der Waals surface area contributed by atoms with Gasteiger partial charge in [0, 0.05) is 32.0 Å². The highest BCUT2D eigenvalue weighted by atomic mass is 16.3. The third kappa shape index (κ3) is 5.51. The largest absolute Gasteiger partial charge is 0.468 e. The minimum atomic E-state index is -0.163. The van der Waals surface area contributed by atoms with Crippen molar-refractivity contribution in [2.24, 2.45) is 0 Å². The average molecular weight is 408 g/mol. The first-order valence-electron chi connectivity index (χ1n) is 10.6. The van der Waals surface area contributed by atoms with E-state index >= 15 is 0 Å². The standard InChI is InChI=1S/C23H29N5O2/c29-23(25-15-19-6-4-7-20(14-19)17-27-12-9-24-18-27)26-16-21(22-8-5-13-30-22)28-10-2-1-3-11-28/h4-9,12-14,18,21H,1-3,10-11,15-17H2,(H2,25,26,29). The zero-order chi connectivity index (χ0) is 20.6. The van der Waals surface area contributed by atoms with Gasteiger partial charge < -0.3 is 19.6 Å². The number of urea groups is 1. The molecular weight excluding hydrogens is 378 g/mol. The number of carbonyl (C=O) groups excluding carboxylic acids is 1. The molecular formula is C23H29N5O2. The first kappa shape index (κ1) is 20.2. The highest BCUT2D eigenvalue weighted by Gasteiger charge is 2.24. The lowest BCUT2D eigenvalue weighted by Gasteiger charge is -2.33. The van der Waals surface area contributed by atoms with E-state index < -0.39 is 0 Å². The van der Waals surface area contributed by atoms with Crippen molar-refractivity contribution >= 4 is 6.03 Å². The Balaban J connectivity index is 1.28. The number of rotatable bonds is 8. The van der Waals surface area contributed by atoms with Crippen LogP contribution in [0.2, 0.25) is 0 Å². The molecule has 1 fully saturated rings. The lowest BCUT2D eigenvalue weighted by atomic mass is 10.1. The first-order chi connectivity index (χ1) is 14.8. The molecule has 1 aliphatic heterocycles. The molecule has 2 aromatic heterocycles. The van der Waals surface area contributed by atoms with Gasteiger partial charge in [-0.3, -0.25) is 4.90 Å². The van der Waals surface area contributed by atoms with Crippen molar-refractivity contribution in [2.75, 3.05) is 19.6 Å². The predicted octanol–water partition coefficient (Wildman–Crippen LogP) is 3.55. The lowest BCUT2D eigenvalue weighted by Crippen LogP contribution is -2.43. The maximum Gasteiger partial charge on any atom is 0.315 e. The Morgan fingerprint density at radius 3 is 2.73 bits per heavy atom. The van der Waals surface area contributed by atoms with Crippen molar-refractivity contribution in [2.45, 2.75) is 38.4 Å². The van der Waals surface area contributed by atoms with Gasteiger partial charge in [0.1, 0.15) is 5.76 Å². The molecule has 0 spiro atoms. The minimum Gasteiger partial charge on any atom is -0.468 e. The van der Waals surface area contributed by atoms with Gasteiger partial charge in [-0.15, -0.1) is 0 Å². The van der Waals surface area contributed by atoms with E-state index in [0.29, 0.717) is 13.1 Å². The second-order valence-electron chi connectivity index (χ2n) is 7.75. The fraction of sp³-hybridized carbons (Fsp3) is 0.391. The first-order valence-corrected chi connectivity index (χ1v) is 10.6. The molecule has 2 N–H and O–H groups in total. The zero-order valence-electron chi connectivity index (χ0n) is 17.2. The van der Waals surface area contributed by atoms with Crippen molar-refractivity contribution in [1.82, 2.24) is 25.1 Å². The van der Waals surface area contributed by atoms with Crippen molar-refractivity contribution in [1.29, 1.82) is 0 Å². The van der Waals surface area contributed by atoms with Crippen molar-refractivity contribution in [3.63, 3.8) is 0 Å². The van der Waals surface area contributed by atoms with Crippen LogP contribution in [-0.2, 0) is 13.1 Å². The van der Waals surface area contributed by atoms with E-state index in [4.69, 9.17) is 4.42 Å². The molecule has 1 unspecified atom stereocenters. The Kier molecular flexibility index (Phi) is 6.82. The molecule has 0 saturated carbocycles. The number of amides is 2. The molecule has 1 aromatic carbocycles. The van der Waals surface area contributed by atoms with Crippen LogP contribution < -0.4 is 10.6 Å². The lowest BCUT2D eigenvalue weighted by molar-refractivity contribution is 0.143. The summed E-state index contributed by atoms with van der Waals surface area (Å²) < 4.78 is 7.67. The van der Waals surface area contributed by atoms with Crippen LogP contribution in [-0.4, -0.2) is 40.1 Å². The number of imidazole rings is 1. The van der Waals surface area contributed by atoms with E-state index in [-0.39, 0.29) is 12.1 Å². The second kappa shape index (κ2) is 10.1. The molecule has 1 saturated heterocycles. The maximum absolute atomic E-state index is 12.4. The number of benzene rings is 1. The van der Waals surface area contributed by atoms with Gasteiger partial charge in [0.15, 0.2) is 0 Å². The molecule has 0 radical (unpaired) electrons. The van der Waals surface area contributed by atoms with E-state index in [2.05, 4.69) is 32.7 Å². The number of furan rings is 1. The average Bonchev–Trinajstić information content (AvgIpc) is 3.48. The molecule has 30 heavy (non-hydrogen) atoms. The fourth-order valence-corrected chi connectivity index (χ4v) is 3.98. The molecule has 2 amide bonds. The van der Waals surface area contributed by atoms with Crippen LogP contribution in [0.1, 0.15) is 42.2 Å². The molecule has 3 aromatic rings. The van der Waals surface area contributed by atoms with Crippen LogP contribution in [0.5, 0.6) is 0 Å². The molecule has 0 bridgehead atoms. The molecule has 0 aliphatic carbocycles. The molecule has 3 heterocycles. The van der Waals surface area contributed by atoms with Gasteiger partial charge in [-0.1, -0.05) is 30.7 Å². The molecule has 7 nitrogen and oxygen atoms in total. The summed E-state index contributed by atoms with van der Waals surface area (Å²) in [7, 11) is 0. The Labute approximate surface area is 177 Å². The summed E-state index contributed by atoms with van der Waals surface area (Å²) in [4.78, 5) is 18.9. The van der Waals surface area contributed by atoms with Gasteiger partial charge >= 0.3 is 6.03 Å². The SMILES string of the molecule is O=C(NCc1cccc(Cn2ccnc2)c1)NCC(c1ccco1)N1CCCCC1.